The summed E-state index contributed by atoms with van der Waals surface area (Å²) in [6.45, 7) is -0.215. The summed E-state index contributed by atoms with van der Waals surface area (Å²) in [4.78, 5) is 3.68. The minimum absolute atomic E-state index is 0.000660. The third kappa shape index (κ3) is 3.27. The van der Waals surface area contributed by atoms with Gasteiger partial charge in [-0.15, -0.1) is 11.3 Å². The lowest BCUT2D eigenvalue weighted by Crippen LogP contribution is -2.10. The van der Waals surface area contributed by atoms with Crippen LogP contribution in [0.1, 0.15) is 10.6 Å². The van der Waals surface area contributed by atoms with E-state index in [9.17, 15) is 13.2 Å². The highest BCUT2D eigenvalue weighted by Crippen LogP contribution is 2.39. The van der Waals surface area contributed by atoms with Crippen LogP contribution < -0.4 is 15.2 Å². The molecule has 0 aliphatic carbocycles. The summed E-state index contributed by atoms with van der Waals surface area (Å²) >= 11 is 0.911. The second-order valence-corrected chi connectivity index (χ2v) is 5.18. The van der Waals surface area contributed by atoms with E-state index in [0.29, 0.717) is 17.1 Å². The van der Waals surface area contributed by atoms with Crippen molar-refractivity contribution in [1.82, 2.24) is 4.98 Å². The maximum Gasteiger partial charge on any atom is 0.434 e. The van der Waals surface area contributed by atoms with Crippen LogP contribution in [-0.2, 0) is 12.7 Å². The number of thiazole rings is 1. The Morgan fingerprint density at radius 1 is 1.14 bits per heavy atom. The van der Waals surface area contributed by atoms with Crippen molar-refractivity contribution in [2.45, 2.75) is 12.7 Å². The van der Waals surface area contributed by atoms with E-state index >= 15 is 0 Å². The number of hydrogen-bond acceptors (Lipinski definition) is 5. The number of ether oxygens (including phenoxy) is 2. The van der Waals surface area contributed by atoms with Crippen molar-refractivity contribution in [2.75, 3.05) is 14.2 Å². The van der Waals surface area contributed by atoms with E-state index < -0.39 is 11.9 Å². The van der Waals surface area contributed by atoms with Crippen molar-refractivity contribution in [3.8, 4) is 22.1 Å². The summed E-state index contributed by atoms with van der Waals surface area (Å²) < 4.78 is 48.9. The molecule has 1 aromatic heterocycles. The van der Waals surface area contributed by atoms with Gasteiger partial charge in [0.25, 0.3) is 0 Å². The molecular formula is C13H13F3N2O2S. The van der Waals surface area contributed by atoms with Crippen molar-refractivity contribution >= 4 is 11.3 Å². The first-order valence-electron chi connectivity index (χ1n) is 5.89. The smallest absolute Gasteiger partial charge is 0.434 e. The number of aromatic nitrogens is 1. The van der Waals surface area contributed by atoms with E-state index in [4.69, 9.17) is 15.2 Å². The SMILES string of the molecule is COc1cc(OC)cc(-c2nc(C(F)(F)F)c(CN)s2)c1. The molecule has 4 nitrogen and oxygen atoms in total. The van der Waals surface area contributed by atoms with E-state index in [1.807, 2.05) is 0 Å². The van der Waals surface area contributed by atoms with Gasteiger partial charge >= 0.3 is 6.18 Å². The van der Waals surface area contributed by atoms with Gasteiger partial charge in [0.1, 0.15) is 16.5 Å². The zero-order chi connectivity index (χ0) is 15.6. The van der Waals surface area contributed by atoms with E-state index in [2.05, 4.69) is 4.98 Å². The maximum atomic E-state index is 12.9. The van der Waals surface area contributed by atoms with Gasteiger partial charge in [-0.3, -0.25) is 0 Å². The molecule has 0 radical (unpaired) electrons. The maximum absolute atomic E-state index is 12.9. The molecule has 114 valence electrons. The van der Waals surface area contributed by atoms with Gasteiger partial charge in [0.15, 0.2) is 5.69 Å². The van der Waals surface area contributed by atoms with E-state index in [1.54, 1.807) is 18.2 Å². The quantitative estimate of drug-likeness (QED) is 0.939. The van der Waals surface area contributed by atoms with Gasteiger partial charge < -0.3 is 15.2 Å². The minimum atomic E-state index is -4.52. The lowest BCUT2D eigenvalue weighted by atomic mass is 10.2. The van der Waals surface area contributed by atoms with Gasteiger partial charge in [-0.25, -0.2) is 4.98 Å². The molecule has 2 rings (SSSR count). The van der Waals surface area contributed by atoms with Crippen LogP contribution in [0.3, 0.4) is 0 Å². The molecule has 0 atom stereocenters. The summed E-state index contributed by atoms with van der Waals surface area (Å²) in [5, 5.41) is 0.222. The molecule has 0 saturated heterocycles. The Kier molecular flexibility index (Phi) is 4.38. The first-order chi connectivity index (χ1) is 9.88. The Bertz CT molecular complexity index is 619. The summed E-state index contributed by atoms with van der Waals surface area (Å²) in [6.07, 6.45) is -4.52. The first kappa shape index (κ1) is 15.6. The van der Waals surface area contributed by atoms with E-state index in [-0.39, 0.29) is 16.4 Å². The minimum Gasteiger partial charge on any atom is -0.497 e. The fourth-order valence-electron chi connectivity index (χ4n) is 1.77. The van der Waals surface area contributed by atoms with E-state index in [0.717, 1.165) is 11.3 Å². The van der Waals surface area contributed by atoms with Crippen molar-refractivity contribution in [3.05, 3.63) is 28.8 Å². The monoisotopic (exact) mass is 318 g/mol. The molecular weight excluding hydrogens is 305 g/mol. The van der Waals surface area contributed by atoms with Gasteiger partial charge in [0.05, 0.1) is 19.1 Å². The number of methoxy groups -OCH3 is 2. The van der Waals surface area contributed by atoms with Crippen LogP contribution in [0.4, 0.5) is 13.2 Å². The first-order valence-corrected chi connectivity index (χ1v) is 6.71. The van der Waals surface area contributed by atoms with Crippen LogP contribution >= 0.6 is 11.3 Å². The summed E-state index contributed by atoms with van der Waals surface area (Å²) in [5.74, 6) is 0.949. The van der Waals surface area contributed by atoms with Gasteiger partial charge in [0, 0.05) is 18.2 Å². The highest BCUT2D eigenvalue weighted by Gasteiger charge is 2.37. The molecule has 2 N–H and O–H groups in total. The highest BCUT2D eigenvalue weighted by molar-refractivity contribution is 7.15. The zero-order valence-corrected chi connectivity index (χ0v) is 12.1. The van der Waals surface area contributed by atoms with Crippen LogP contribution in [0, 0.1) is 0 Å². The van der Waals surface area contributed by atoms with Gasteiger partial charge in [-0.05, 0) is 12.1 Å². The third-order valence-corrected chi connectivity index (χ3v) is 3.88. The Labute approximate surface area is 123 Å². The molecule has 0 fully saturated rings. The van der Waals surface area contributed by atoms with Gasteiger partial charge in [0.2, 0.25) is 0 Å². The normalized spacial score (nSPS) is 11.5. The number of hydrogen-bond donors (Lipinski definition) is 1. The fraction of sp³-hybridized carbons (Fsp3) is 0.308. The zero-order valence-electron chi connectivity index (χ0n) is 11.3. The van der Waals surface area contributed by atoms with Gasteiger partial charge in [-0.2, -0.15) is 13.2 Å². The average molecular weight is 318 g/mol. The van der Waals surface area contributed by atoms with Crippen LogP contribution in [0.15, 0.2) is 18.2 Å². The molecule has 0 aliphatic rings. The number of nitrogens with zero attached hydrogens (tertiary/aromatic N) is 1. The Hall–Kier alpha value is -1.80. The van der Waals surface area contributed by atoms with Crippen LogP contribution in [0.25, 0.3) is 10.6 Å². The number of nitrogens with two attached hydrogens (primary N) is 1. The van der Waals surface area contributed by atoms with Crippen molar-refractivity contribution in [3.63, 3.8) is 0 Å². The predicted molar refractivity (Wildman–Crippen MR) is 73.5 cm³/mol. The largest absolute Gasteiger partial charge is 0.497 e. The topological polar surface area (TPSA) is 57.4 Å². The Balaban J connectivity index is 2.54. The number of rotatable bonds is 4. The second kappa shape index (κ2) is 5.90. The molecule has 0 aliphatic heterocycles. The predicted octanol–water partition coefficient (Wildman–Crippen LogP) is 3.30. The lowest BCUT2D eigenvalue weighted by molar-refractivity contribution is -0.141. The van der Waals surface area contributed by atoms with Crippen molar-refractivity contribution in [2.24, 2.45) is 5.73 Å². The summed E-state index contributed by atoms with van der Waals surface area (Å²) in [5.41, 5.74) is 4.92. The fourth-order valence-corrected chi connectivity index (χ4v) is 2.71. The molecule has 0 saturated carbocycles. The molecule has 21 heavy (non-hydrogen) atoms. The number of benzene rings is 1. The van der Waals surface area contributed by atoms with Crippen LogP contribution in [0.2, 0.25) is 0 Å². The molecule has 2 aromatic rings. The van der Waals surface area contributed by atoms with E-state index in [1.165, 1.54) is 14.2 Å². The number of halogens is 3. The van der Waals surface area contributed by atoms with Crippen LogP contribution in [0.5, 0.6) is 11.5 Å². The average Bonchev–Trinajstić information content (AvgIpc) is 2.91. The van der Waals surface area contributed by atoms with Crippen LogP contribution in [-0.4, -0.2) is 19.2 Å². The Morgan fingerprint density at radius 2 is 1.71 bits per heavy atom. The molecule has 0 amide bonds. The number of alkyl halides is 3. The van der Waals surface area contributed by atoms with Gasteiger partial charge in [-0.1, -0.05) is 0 Å². The summed E-state index contributed by atoms with van der Waals surface area (Å²) in [6, 6.07) is 4.83. The molecule has 8 heteroatoms. The standard InChI is InChI=1S/C13H13F3N2O2S/c1-19-8-3-7(4-9(5-8)20-2)12-18-11(13(14,15)16)10(6-17)21-12/h3-5H,6,17H2,1-2H3. The molecule has 0 unspecified atom stereocenters. The summed E-state index contributed by atoms with van der Waals surface area (Å²) in [7, 11) is 2.93. The molecule has 0 spiro atoms. The second-order valence-electron chi connectivity index (χ2n) is 4.09. The lowest BCUT2D eigenvalue weighted by Gasteiger charge is -2.06. The molecule has 0 bridgehead atoms. The molecule has 1 heterocycles. The molecule has 1 aromatic carbocycles. The van der Waals surface area contributed by atoms with Crippen molar-refractivity contribution in [1.29, 1.82) is 0 Å². The third-order valence-electron chi connectivity index (χ3n) is 2.75. The Morgan fingerprint density at radius 3 is 2.10 bits per heavy atom. The highest BCUT2D eigenvalue weighted by atomic mass is 32.1. The van der Waals surface area contributed by atoms with Crippen molar-refractivity contribution < 1.29 is 22.6 Å².